The summed E-state index contributed by atoms with van der Waals surface area (Å²) in [6.45, 7) is 6.42. The summed E-state index contributed by atoms with van der Waals surface area (Å²) in [7, 11) is 2.11. The lowest BCUT2D eigenvalue weighted by molar-refractivity contribution is -0.0493. The van der Waals surface area contributed by atoms with E-state index in [1.807, 2.05) is 0 Å². The number of likely N-dealkylation sites (tertiary alicyclic amines) is 1. The van der Waals surface area contributed by atoms with Crippen LogP contribution in [0.1, 0.15) is 33.6 Å². The van der Waals surface area contributed by atoms with Crippen molar-refractivity contribution >= 4 is 0 Å². The molecule has 2 nitrogen and oxygen atoms in total. The highest BCUT2D eigenvalue weighted by Gasteiger charge is 2.36. The SMILES string of the molecule is CC1CC([O])CC(C)(C)N1C. The summed E-state index contributed by atoms with van der Waals surface area (Å²) in [4.78, 5) is 2.31. The van der Waals surface area contributed by atoms with Gasteiger partial charge in [0, 0.05) is 11.6 Å². The van der Waals surface area contributed by atoms with Gasteiger partial charge in [-0.05, 0) is 40.7 Å². The third-order valence-electron chi connectivity index (χ3n) is 2.95. The lowest BCUT2D eigenvalue weighted by Crippen LogP contribution is -2.53. The zero-order valence-electron chi connectivity index (χ0n) is 7.92. The summed E-state index contributed by atoms with van der Waals surface area (Å²) in [5.41, 5.74) is 0.101. The predicted octanol–water partition coefficient (Wildman–Crippen LogP) is 1.68. The van der Waals surface area contributed by atoms with E-state index in [4.69, 9.17) is 0 Å². The third-order valence-corrected chi connectivity index (χ3v) is 2.95. The lowest BCUT2D eigenvalue weighted by atomic mass is 9.86. The molecule has 0 saturated carbocycles. The van der Waals surface area contributed by atoms with E-state index >= 15 is 0 Å². The largest absolute Gasteiger partial charge is 0.298 e. The van der Waals surface area contributed by atoms with E-state index in [2.05, 4.69) is 32.7 Å². The predicted molar refractivity (Wildman–Crippen MR) is 45.0 cm³/mol. The van der Waals surface area contributed by atoms with Crippen LogP contribution >= 0.6 is 0 Å². The lowest BCUT2D eigenvalue weighted by Gasteiger charge is -2.45. The molecule has 0 N–H and O–H groups in total. The molecule has 2 atom stereocenters. The van der Waals surface area contributed by atoms with Crippen LogP contribution in [-0.2, 0) is 5.11 Å². The molecule has 0 aliphatic carbocycles. The minimum absolute atomic E-state index is 0.101. The second-order valence-corrected chi connectivity index (χ2v) is 4.33. The molecule has 1 saturated heterocycles. The van der Waals surface area contributed by atoms with Crippen LogP contribution < -0.4 is 0 Å². The van der Waals surface area contributed by atoms with Crippen molar-refractivity contribution in [1.82, 2.24) is 4.90 Å². The van der Waals surface area contributed by atoms with Gasteiger partial charge in [-0.15, -0.1) is 0 Å². The molecule has 2 heteroatoms. The summed E-state index contributed by atoms with van der Waals surface area (Å²) in [6.07, 6.45) is 1.24. The fourth-order valence-electron chi connectivity index (χ4n) is 1.92. The summed E-state index contributed by atoms with van der Waals surface area (Å²) < 4.78 is 0. The smallest absolute Gasteiger partial charge is 0.0962 e. The van der Waals surface area contributed by atoms with Gasteiger partial charge < -0.3 is 0 Å². The zero-order chi connectivity index (χ0) is 8.65. The molecular formula is C9H18NO. The Morgan fingerprint density at radius 2 is 2.00 bits per heavy atom. The fraction of sp³-hybridized carbons (Fsp3) is 1.00. The minimum Gasteiger partial charge on any atom is -0.298 e. The van der Waals surface area contributed by atoms with Crippen LogP contribution in [0.5, 0.6) is 0 Å². The Labute approximate surface area is 69.2 Å². The highest BCUT2D eigenvalue weighted by atomic mass is 16.3. The molecule has 2 unspecified atom stereocenters. The van der Waals surface area contributed by atoms with Crippen LogP contribution in [0.2, 0.25) is 0 Å². The summed E-state index contributed by atoms with van der Waals surface area (Å²) in [5.74, 6) is 0. The van der Waals surface area contributed by atoms with E-state index in [1.165, 1.54) is 0 Å². The Hall–Kier alpha value is -0.0800. The van der Waals surface area contributed by atoms with Crippen LogP contribution in [0, 0.1) is 0 Å². The first-order chi connectivity index (χ1) is 4.93. The highest BCUT2D eigenvalue weighted by molar-refractivity contribution is 4.91. The molecule has 1 fully saturated rings. The Kier molecular flexibility index (Phi) is 2.26. The molecular weight excluding hydrogens is 138 g/mol. The van der Waals surface area contributed by atoms with Gasteiger partial charge in [0.15, 0.2) is 0 Å². The maximum absolute atomic E-state index is 11.3. The number of piperidine rings is 1. The molecule has 0 aromatic heterocycles. The van der Waals surface area contributed by atoms with Gasteiger partial charge in [-0.3, -0.25) is 4.90 Å². The Bertz CT molecular complexity index is 144. The van der Waals surface area contributed by atoms with Gasteiger partial charge in [0.25, 0.3) is 0 Å². The fourth-order valence-corrected chi connectivity index (χ4v) is 1.92. The van der Waals surface area contributed by atoms with Crippen molar-refractivity contribution < 1.29 is 5.11 Å². The van der Waals surface area contributed by atoms with E-state index < -0.39 is 0 Å². The van der Waals surface area contributed by atoms with Crippen molar-refractivity contribution in [1.29, 1.82) is 0 Å². The van der Waals surface area contributed by atoms with Crippen molar-refractivity contribution in [3.8, 4) is 0 Å². The topological polar surface area (TPSA) is 23.1 Å². The van der Waals surface area contributed by atoms with E-state index in [0.29, 0.717) is 6.04 Å². The maximum Gasteiger partial charge on any atom is 0.0962 e. The normalized spacial score (nSPS) is 39.0. The third kappa shape index (κ3) is 1.74. The van der Waals surface area contributed by atoms with Crippen LogP contribution in [0.25, 0.3) is 0 Å². The zero-order valence-corrected chi connectivity index (χ0v) is 7.92. The van der Waals surface area contributed by atoms with Gasteiger partial charge >= 0.3 is 0 Å². The number of rotatable bonds is 0. The van der Waals surface area contributed by atoms with E-state index in [-0.39, 0.29) is 11.6 Å². The van der Waals surface area contributed by atoms with Crippen molar-refractivity contribution in [3.63, 3.8) is 0 Å². The molecule has 0 aromatic carbocycles. The van der Waals surface area contributed by atoms with Gasteiger partial charge in [-0.1, -0.05) is 0 Å². The molecule has 1 aliphatic rings. The quantitative estimate of drug-likeness (QED) is 0.523. The van der Waals surface area contributed by atoms with Crippen LogP contribution in [0.3, 0.4) is 0 Å². The molecule has 0 amide bonds. The molecule has 1 aliphatic heterocycles. The Morgan fingerprint density at radius 1 is 1.45 bits per heavy atom. The molecule has 11 heavy (non-hydrogen) atoms. The van der Waals surface area contributed by atoms with Crippen LogP contribution in [0.15, 0.2) is 0 Å². The number of nitrogens with zero attached hydrogens (tertiary/aromatic N) is 1. The van der Waals surface area contributed by atoms with Crippen molar-refractivity contribution in [3.05, 3.63) is 0 Å². The minimum atomic E-state index is -0.351. The van der Waals surface area contributed by atoms with Gasteiger partial charge in [0.2, 0.25) is 0 Å². The monoisotopic (exact) mass is 156 g/mol. The summed E-state index contributed by atoms with van der Waals surface area (Å²) >= 11 is 0. The summed E-state index contributed by atoms with van der Waals surface area (Å²) in [6, 6.07) is 0.446. The molecule has 65 valence electrons. The van der Waals surface area contributed by atoms with Crippen molar-refractivity contribution in [2.45, 2.75) is 51.3 Å². The van der Waals surface area contributed by atoms with Crippen LogP contribution in [-0.4, -0.2) is 29.6 Å². The maximum atomic E-state index is 11.3. The summed E-state index contributed by atoms with van der Waals surface area (Å²) in [5, 5.41) is 11.3. The molecule has 1 heterocycles. The van der Waals surface area contributed by atoms with Gasteiger partial charge in [0.05, 0.1) is 6.10 Å². The molecule has 1 rings (SSSR count). The second-order valence-electron chi connectivity index (χ2n) is 4.33. The molecule has 0 bridgehead atoms. The average molecular weight is 156 g/mol. The Balaban J connectivity index is 2.67. The first-order valence-electron chi connectivity index (χ1n) is 4.32. The average Bonchev–Trinajstić information content (AvgIpc) is 1.81. The molecule has 0 aromatic rings. The number of hydrogen-bond donors (Lipinski definition) is 0. The van der Waals surface area contributed by atoms with Crippen molar-refractivity contribution in [2.75, 3.05) is 7.05 Å². The number of hydrogen-bond acceptors (Lipinski definition) is 1. The second kappa shape index (κ2) is 2.76. The standard InChI is InChI=1S/C9H18NO/c1-7-5-8(11)6-9(2,3)10(7)4/h7-8H,5-6H2,1-4H3. The highest BCUT2D eigenvalue weighted by Crippen LogP contribution is 2.29. The van der Waals surface area contributed by atoms with Crippen LogP contribution in [0.4, 0.5) is 0 Å². The Morgan fingerprint density at radius 3 is 2.45 bits per heavy atom. The van der Waals surface area contributed by atoms with E-state index in [9.17, 15) is 5.11 Å². The van der Waals surface area contributed by atoms with Gasteiger partial charge in [-0.25, -0.2) is 5.11 Å². The first kappa shape index (κ1) is 9.01. The van der Waals surface area contributed by atoms with Gasteiger partial charge in [0.1, 0.15) is 0 Å². The molecule has 1 radical (unpaired) electrons. The van der Waals surface area contributed by atoms with E-state index in [1.54, 1.807) is 0 Å². The van der Waals surface area contributed by atoms with Crippen molar-refractivity contribution in [2.24, 2.45) is 0 Å². The first-order valence-corrected chi connectivity index (χ1v) is 4.32. The van der Waals surface area contributed by atoms with E-state index in [0.717, 1.165) is 12.8 Å². The van der Waals surface area contributed by atoms with Gasteiger partial charge in [-0.2, -0.15) is 0 Å². The molecule has 0 spiro atoms.